The predicted octanol–water partition coefficient (Wildman–Crippen LogP) is 4.82. The maximum absolute atomic E-state index is 13.0. The molecule has 1 atom stereocenters. The van der Waals surface area contributed by atoms with E-state index in [-0.39, 0.29) is 34.8 Å². The van der Waals surface area contributed by atoms with Crippen molar-refractivity contribution in [2.24, 2.45) is 0 Å². The first-order valence-electron chi connectivity index (χ1n) is 16.2. The molecule has 13 nitrogen and oxygen atoms in total. The number of ether oxygens (including phenoxy) is 2. The number of para-hydroxylation sites is 2. The summed E-state index contributed by atoms with van der Waals surface area (Å²) < 4.78 is 13.3. The minimum atomic E-state index is -1.45. The average Bonchev–Trinajstić information content (AvgIpc) is 3.38. The van der Waals surface area contributed by atoms with Crippen molar-refractivity contribution in [2.45, 2.75) is 92.2 Å². The summed E-state index contributed by atoms with van der Waals surface area (Å²) in [6, 6.07) is 15.9. The summed E-state index contributed by atoms with van der Waals surface area (Å²) in [6.45, 7) is 16.1. The number of aromatic nitrogens is 5. The van der Waals surface area contributed by atoms with Crippen LogP contribution in [0.3, 0.4) is 0 Å². The van der Waals surface area contributed by atoms with Gasteiger partial charge in [-0.2, -0.15) is 0 Å². The van der Waals surface area contributed by atoms with Crippen molar-refractivity contribution in [1.82, 2.24) is 14.6 Å². The normalized spacial score (nSPS) is 14.8. The number of benzene rings is 2. The van der Waals surface area contributed by atoms with Crippen LogP contribution < -0.4 is 25.2 Å². The smallest absolute Gasteiger partial charge is 0.461 e. The van der Waals surface area contributed by atoms with Gasteiger partial charge in [0.25, 0.3) is 11.1 Å². The summed E-state index contributed by atoms with van der Waals surface area (Å²) in [5.41, 5.74) is 3.13. The molecule has 0 amide bonds. The lowest BCUT2D eigenvalue weighted by Gasteiger charge is -2.22. The molecule has 49 heavy (non-hydrogen) atoms. The molecule has 5 heterocycles. The van der Waals surface area contributed by atoms with E-state index in [1.807, 2.05) is 65.8 Å². The van der Waals surface area contributed by atoms with Gasteiger partial charge in [0, 0.05) is 27.4 Å². The van der Waals surface area contributed by atoms with Gasteiger partial charge in [0.15, 0.2) is 11.6 Å². The average molecular weight is 671 g/mol. The van der Waals surface area contributed by atoms with Gasteiger partial charge in [-0.15, -0.1) is 0 Å². The summed E-state index contributed by atoms with van der Waals surface area (Å²) >= 11 is 0. The molecular formula is C36H42N6O7. The van der Waals surface area contributed by atoms with Crippen LogP contribution in [0.5, 0.6) is 5.75 Å². The molecular weight excluding hydrogens is 628 g/mol. The lowest BCUT2D eigenvalue weighted by Crippen LogP contribution is -2.46. The largest absolute Gasteiger partial charge is 0.739 e. The summed E-state index contributed by atoms with van der Waals surface area (Å²) in [4.78, 5) is 30.0. The number of aliphatic hydroxyl groups excluding tert-OH is 1. The molecule has 2 aliphatic heterocycles. The molecule has 13 heteroatoms. The molecule has 258 valence electrons. The topological polar surface area (TPSA) is 169 Å². The van der Waals surface area contributed by atoms with Crippen LogP contribution in [-0.2, 0) is 22.7 Å². The van der Waals surface area contributed by atoms with Crippen molar-refractivity contribution in [2.75, 3.05) is 5.32 Å². The molecule has 2 N–H and O–H groups in total. The minimum absolute atomic E-state index is 0.00574. The van der Waals surface area contributed by atoms with Gasteiger partial charge < -0.3 is 29.6 Å². The summed E-state index contributed by atoms with van der Waals surface area (Å²) in [5.74, 6) is 0.00373. The Morgan fingerprint density at radius 1 is 1.02 bits per heavy atom. The number of cyclic esters (lactones) is 1. The number of hydrogen-bond donors (Lipinski definition) is 2. The van der Waals surface area contributed by atoms with Crippen LogP contribution in [-0.4, -0.2) is 36.9 Å². The number of fused-ring (bicyclic) bond motifs is 6. The molecule has 0 bridgehead atoms. The number of carbonyl (C=O) groups is 1. The second-order valence-corrected chi connectivity index (χ2v) is 14.0. The Morgan fingerprint density at radius 2 is 1.69 bits per heavy atom. The quantitative estimate of drug-likeness (QED) is 0.148. The fourth-order valence-corrected chi connectivity index (χ4v) is 5.44. The standard InChI is InChI=1S/C22H20N2O5.C11H14N4O2.C3H8/c1-22(2,3)29-17-6-4-5-15-13(17)7-11-9-24-16(18(11)23-15)8-12-14(20(24)26)10-28-21(27)19(12)25;1-11(2,3)12-10-13-15(17)9-7-5-4-6-8(9)14(10)16;1-3-2/h4-8,19,25H,9-10H2,1-3H3;4-7H,1-3H3,(H,12,13);3H2,1-2H3/t19-;;/m0../s1. The molecule has 0 aliphatic carbocycles. The highest BCUT2D eigenvalue weighted by Gasteiger charge is 2.34. The van der Waals surface area contributed by atoms with Crippen LogP contribution in [0.15, 0.2) is 59.4 Å². The van der Waals surface area contributed by atoms with E-state index in [0.717, 1.165) is 22.2 Å². The van der Waals surface area contributed by atoms with Gasteiger partial charge in [-0.05, 0) is 71.9 Å². The summed E-state index contributed by atoms with van der Waals surface area (Å²) in [5, 5.41) is 41.3. The maximum Gasteiger partial charge on any atom is 0.461 e. The lowest BCUT2D eigenvalue weighted by atomic mass is 10.0. The number of anilines is 1. The third-order valence-electron chi connectivity index (χ3n) is 7.37. The van der Waals surface area contributed by atoms with E-state index < -0.39 is 12.1 Å². The molecule has 2 aromatic carbocycles. The van der Waals surface area contributed by atoms with Crippen LogP contribution >= 0.6 is 0 Å². The number of nitrogens with zero attached hydrogens (tertiary/aromatic N) is 5. The van der Waals surface area contributed by atoms with E-state index in [0.29, 0.717) is 44.2 Å². The van der Waals surface area contributed by atoms with Crippen LogP contribution in [0.25, 0.3) is 33.3 Å². The number of nitrogens with one attached hydrogen (secondary N) is 1. The Balaban J connectivity index is 0.000000199. The van der Waals surface area contributed by atoms with Crippen molar-refractivity contribution in [3.8, 4) is 17.1 Å². The highest BCUT2D eigenvalue weighted by molar-refractivity contribution is 5.89. The Hall–Kier alpha value is -5.30. The molecule has 0 radical (unpaired) electrons. The van der Waals surface area contributed by atoms with Crippen LogP contribution in [0.2, 0.25) is 0 Å². The van der Waals surface area contributed by atoms with Crippen molar-refractivity contribution >= 4 is 33.9 Å². The molecule has 2 aliphatic rings. The number of hydrogen-bond acceptors (Lipinski definition) is 10. The van der Waals surface area contributed by atoms with E-state index in [1.54, 1.807) is 34.9 Å². The van der Waals surface area contributed by atoms with E-state index in [9.17, 15) is 25.1 Å². The Labute approximate surface area is 283 Å². The Bertz CT molecular complexity index is 2120. The maximum atomic E-state index is 13.0. The third-order valence-corrected chi connectivity index (χ3v) is 7.37. The number of aliphatic hydroxyl groups is 1. The third kappa shape index (κ3) is 7.26. The monoisotopic (exact) mass is 670 g/mol. The number of carbonyl (C=O) groups excluding carboxylic acids is 1. The highest BCUT2D eigenvalue weighted by atomic mass is 16.5. The summed E-state index contributed by atoms with van der Waals surface area (Å²) in [7, 11) is 0. The zero-order valence-electron chi connectivity index (χ0n) is 29.0. The molecule has 7 rings (SSSR count). The van der Waals surface area contributed by atoms with Gasteiger partial charge in [0.1, 0.15) is 18.0 Å². The SMILES string of the molecule is CC(C)(C)Nc1n[n+]([O-])c2ccccc2[n+]1[O-].CC(C)(C)Oc1cccc2nc3c(cc12)Cn1c-3cc2c(c1=O)COC(=O)[C@H]2O.CCC. The zero-order valence-corrected chi connectivity index (χ0v) is 29.0. The molecule has 3 aromatic heterocycles. The zero-order chi connectivity index (χ0) is 35.8. The van der Waals surface area contributed by atoms with E-state index >= 15 is 0 Å². The Morgan fingerprint density at radius 3 is 2.35 bits per heavy atom. The van der Waals surface area contributed by atoms with Gasteiger partial charge in [-0.25, -0.2) is 14.5 Å². The van der Waals surface area contributed by atoms with E-state index in [4.69, 9.17) is 14.5 Å². The molecule has 0 unspecified atom stereocenters. The fraction of sp³-hybridized carbons (Fsp3) is 0.389. The van der Waals surface area contributed by atoms with Gasteiger partial charge >= 0.3 is 11.9 Å². The number of esters is 1. The molecule has 0 saturated carbocycles. The van der Waals surface area contributed by atoms with Crippen LogP contribution in [0.1, 0.15) is 84.6 Å². The lowest BCUT2D eigenvalue weighted by molar-refractivity contribution is -0.672. The first-order valence-corrected chi connectivity index (χ1v) is 16.2. The van der Waals surface area contributed by atoms with E-state index in [1.165, 1.54) is 6.42 Å². The Kier molecular flexibility index (Phi) is 9.51. The van der Waals surface area contributed by atoms with Gasteiger partial charge in [0.05, 0.1) is 34.6 Å². The van der Waals surface area contributed by atoms with Crippen molar-refractivity contribution in [1.29, 1.82) is 0 Å². The molecule has 0 fully saturated rings. The molecule has 0 spiro atoms. The van der Waals surface area contributed by atoms with Gasteiger partial charge in [-0.1, -0.05) is 38.5 Å². The number of rotatable bonds is 2. The molecule has 0 saturated heterocycles. The van der Waals surface area contributed by atoms with Crippen LogP contribution in [0, 0.1) is 10.4 Å². The predicted molar refractivity (Wildman–Crippen MR) is 185 cm³/mol. The highest BCUT2D eigenvalue weighted by Crippen LogP contribution is 2.37. The second-order valence-electron chi connectivity index (χ2n) is 14.0. The van der Waals surface area contributed by atoms with Crippen molar-refractivity contribution in [3.63, 3.8) is 0 Å². The summed E-state index contributed by atoms with van der Waals surface area (Å²) in [6.07, 6.45) is -0.200. The second kappa shape index (κ2) is 13.3. The van der Waals surface area contributed by atoms with Crippen LogP contribution in [0.4, 0.5) is 5.95 Å². The van der Waals surface area contributed by atoms with E-state index in [2.05, 4.69) is 24.3 Å². The van der Waals surface area contributed by atoms with Gasteiger partial charge in [-0.3, -0.25) is 10.1 Å². The minimum Gasteiger partial charge on any atom is -0.739 e. The van der Waals surface area contributed by atoms with Crippen molar-refractivity contribution < 1.29 is 29.0 Å². The first-order chi connectivity index (χ1) is 23.0. The fourth-order valence-electron chi connectivity index (χ4n) is 5.44. The van der Waals surface area contributed by atoms with Crippen molar-refractivity contribution in [3.05, 3.63) is 92.1 Å². The molecule has 5 aromatic rings. The number of pyridine rings is 2. The van der Waals surface area contributed by atoms with Gasteiger partial charge in [0.2, 0.25) is 5.10 Å². The first kappa shape index (κ1) is 35.0.